The van der Waals surface area contributed by atoms with E-state index in [0.29, 0.717) is 16.2 Å². The summed E-state index contributed by atoms with van der Waals surface area (Å²) in [6.45, 7) is 7.91. The molecule has 0 amide bonds. The summed E-state index contributed by atoms with van der Waals surface area (Å²) in [5, 5.41) is 0.456. The van der Waals surface area contributed by atoms with Gasteiger partial charge in [-0.05, 0) is 33.8 Å². The SMILES string of the molecule is CS(=O)c1cc(N)c(B2OC(C)(C)C(C)(C)O2)cn1. The minimum Gasteiger partial charge on any atom is -0.399 e. The first kappa shape index (κ1) is 14.5. The number of hydrogen-bond acceptors (Lipinski definition) is 5. The summed E-state index contributed by atoms with van der Waals surface area (Å²) in [5.41, 5.74) is 6.30. The summed E-state index contributed by atoms with van der Waals surface area (Å²) < 4.78 is 23.2. The second-order valence-electron chi connectivity index (χ2n) is 5.69. The van der Waals surface area contributed by atoms with Gasteiger partial charge in [0.2, 0.25) is 0 Å². The van der Waals surface area contributed by atoms with Crippen molar-refractivity contribution in [2.75, 3.05) is 12.0 Å². The molecule has 1 unspecified atom stereocenters. The Hall–Kier alpha value is -0.915. The number of pyridine rings is 1. The van der Waals surface area contributed by atoms with E-state index < -0.39 is 29.1 Å². The van der Waals surface area contributed by atoms with Crippen molar-refractivity contribution >= 4 is 29.1 Å². The van der Waals surface area contributed by atoms with Gasteiger partial charge in [0.1, 0.15) is 5.03 Å². The summed E-state index contributed by atoms with van der Waals surface area (Å²) >= 11 is 0. The molecule has 1 atom stereocenters. The minimum absolute atomic E-state index is 0.420. The second kappa shape index (κ2) is 4.57. The highest BCUT2D eigenvalue weighted by Gasteiger charge is 2.52. The van der Waals surface area contributed by atoms with Crippen molar-refractivity contribution in [2.45, 2.75) is 43.9 Å². The number of anilines is 1. The molecule has 1 aromatic rings. The van der Waals surface area contributed by atoms with Gasteiger partial charge in [0, 0.05) is 23.6 Å². The predicted octanol–water partition coefficient (Wildman–Crippen LogP) is 0.700. The van der Waals surface area contributed by atoms with Crippen molar-refractivity contribution in [1.29, 1.82) is 0 Å². The molecule has 2 rings (SSSR count). The Balaban J connectivity index is 2.33. The standard InChI is InChI=1S/C12H19BN2O3S/c1-11(2)12(3,4)18-13(17-11)8-7-15-10(19(5)16)6-9(8)14/h6-7H,1-5H3,(H2,14,15). The largest absolute Gasteiger partial charge is 0.498 e. The van der Waals surface area contributed by atoms with Crippen molar-refractivity contribution < 1.29 is 13.5 Å². The van der Waals surface area contributed by atoms with Gasteiger partial charge < -0.3 is 15.0 Å². The predicted molar refractivity (Wildman–Crippen MR) is 76.7 cm³/mol. The van der Waals surface area contributed by atoms with Crippen LogP contribution in [-0.4, -0.2) is 33.8 Å². The molecule has 0 aliphatic carbocycles. The normalized spacial score (nSPS) is 22.5. The molecular formula is C12H19BN2O3S. The van der Waals surface area contributed by atoms with Crippen LogP contribution in [0.25, 0.3) is 0 Å². The third-order valence-electron chi connectivity index (χ3n) is 3.74. The molecule has 1 saturated heterocycles. The van der Waals surface area contributed by atoms with Crippen molar-refractivity contribution in [2.24, 2.45) is 0 Å². The number of rotatable bonds is 2. The Labute approximate surface area is 116 Å². The van der Waals surface area contributed by atoms with Crippen LogP contribution in [0.4, 0.5) is 5.69 Å². The topological polar surface area (TPSA) is 74.4 Å². The third kappa shape index (κ3) is 2.54. The highest BCUT2D eigenvalue weighted by molar-refractivity contribution is 7.84. The van der Waals surface area contributed by atoms with Crippen LogP contribution >= 0.6 is 0 Å². The number of aromatic nitrogens is 1. The molecule has 1 aromatic heterocycles. The Morgan fingerprint density at radius 3 is 2.21 bits per heavy atom. The lowest BCUT2D eigenvalue weighted by molar-refractivity contribution is 0.00578. The zero-order valence-corrected chi connectivity index (χ0v) is 12.7. The Kier molecular flexibility index (Phi) is 3.49. The Bertz CT molecular complexity index is 518. The quantitative estimate of drug-likeness (QED) is 0.808. The number of hydrogen-bond donors (Lipinski definition) is 1. The summed E-state index contributed by atoms with van der Waals surface area (Å²) in [4.78, 5) is 4.14. The minimum atomic E-state index is -1.15. The van der Waals surface area contributed by atoms with E-state index in [0.717, 1.165) is 0 Å². The van der Waals surface area contributed by atoms with Gasteiger partial charge in [0.25, 0.3) is 0 Å². The van der Waals surface area contributed by atoms with Crippen molar-refractivity contribution in [3.63, 3.8) is 0 Å². The molecule has 5 nitrogen and oxygen atoms in total. The van der Waals surface area contributed by atoms with Crippen LogP contribution < -0.4 is 11.2 Å². The van der Waals surface area contributed by atoms with E-state index in [2.05, 4.69) is 4.98 Å². The molecule has 0 radical (unpaired) electrons. The summed E-state index contributed by atoms with van der Waals surface area (Å²) in [6.07, 6.45) is 3.14. The average molecular weight is 282 g/mol. The molecule has 19 heavy (non-hydrogen) atoms. The molecule has 7 heteroatoms. The first-order valence-electron chi connectivity index (χ1n) is 6.08. The maximum Gasteiger partial charge on any atom is 0.498 e. The van der Waals surface area contributed by atoms with Gasteiger partial charge in [0.15, 0.2) is 0 Å². The van der Waals surface area contributed by atoms with E-state index in [1.165, 1.54) is 0 Å². The summed E-state index contributed by atoms with van der Waals surface area (Å²) in [6, 6.07) is 1.61. The van der Waals surface area contributed by atoms with E-state index in [1.807, 2.05) is 27.7 Å². The molecule has 1 aliphatic rings. The lowest BCUT2D eigenvalue weighted by Crippen LogP contribution is -2.41. The first-order chi connectivity index (χ1) is 8.64. The fourth-order valence-corrected chi connectivity index (χ4v) is 2.28. The molecule has 0 bridgehead atoms. The molecule has 2 N–H and O–H groups in total. The lowest BCUT2D eigenvalue weighted by atomic mass is 9.79. The zero-order chi connectivity index (χ0) is 14.4. The molecule has 1 aliphatic heterocycles. The van der Waals surface area contributed by atoms with E-state index in [9.17, 15) is 4.21 Å². The number of nitrogens with two attached hydrogens (primary N) is 1. The fourth-order valence-electron chi connectivity index (χ4n) is 1.79. The van der Waals surface area contributed by atoms with Crippen LogP contribution in [0, 0.1) is 0 Å². The third-order valence-corrected chi connectivity index (χ3v) is 4.56. The van der Waals surface area contributed by atoms with Gasteiger partial charge in [0.05, 0.1) is 22.0 Å². The van der Waals surface area contributed by atoms with Crippen LogP contribution in [0.3, 0.4) is 0 Å². The monoisotopic (exact) mass is 282 g/mol. The van der Waals surface area contributed by atoms with Crippen molar-refractivity contribution in [3.05, 3.63) is 12.3 Å². The fraction of sp³-hybridized carbons (Fsp3) is 0.583. The summed E-state index contributed by atoms with van der Waals surface area (Å²) in [7, 11) is -1.70. The zero-order valence-electron chi connectivity index (χ0n) is 11.9. The Morgan fingerprint density at radius 1 is 1.26 bits per heavy atom. The van der Waals surface area contributed by atoms with Crippen LogP contribution in [0.5, 0.6) is 0 Å². The lowest BCUT2D eigenvalue weighted by Gasteiger charge is -2.32. The van der Waals surface area contributed by atoms with Gasteiger partial charge in [-0.1, -0.05) is 0 Å². The van der Waals surface area contributed by atoms with Gasteiger partial charge in [-0.3, -0.25) is 4.21 Å². The van der Waals surface area contributed by atoms with E-state index >= 15 is 0 Å². The molecule has 2 heterocycles. The molecule has 0 saturated carbocycles. The van der Waals surface area contributed by atoms with E-state index in [-0.39, 0.29) is 0 Å². The molecular weight excluding hydrogens is 263 g/mol. The van der Waals surface area contributed by atoms with Crippen molar-refractivity contribution in [3.8, 4) is 0 Å². The highest BCUT2D eigenvalue weighted by atomic mass is 32.2. The molecule has 104 valence electrons. The number of nitrogen functional groups attached to an aromatic ring is 1. The van der Waals surface area contributed by atoms with Crippen LogP contribution in [-0.2, 0) is 20.1 Å². The van der Waals surface area contributed by atoms with Gasteiger partial charge >= 0.3 is 7.12 Å². The summed E-state index contributed by atoms with van der Waals surface area (Å²) in [5.74, 6) is 0. The Morgan fingerprint density at radius 2 is 1.79 bits per heavy atom. The van der Waals surface area contributed by atoms with Gasteiger partial charge in [-0.25, -0.2) is 4.98 Å². The maximum absolute atomic E-state index is 11.4. The molecule has 0 aromatic carbocycles. The molecule has 0 spiro atoms. The van der Waals surface area contributed by atoms with Crippen LogP contribution in [0.2, 0.25) is 0 Å². The number of nitrogens with zero attached hydrogens (tertiary/aromatic N) is 1. The average Bonchev–Trinajstić information content (AvgIpc) is 2.47. The van der Waals surface area contributed by atoms with E-state index in [4.69, 9.17) is 15.0 Å². The van der Waals surface area contributed by atoms with Crippen LogP contribution in [0.1, 0.15) is 27.7 Å². The van der Waals surface area contributed by atoms with Crippen LogP contribution in [0.15, 0.2) is 17.3 Å². The maximum atomic E-state index is 11.4. The van der Waals surface area contributed by atoms with Gasteiger partial charge in [-0.15, -0.1) is 0 Å². The van der Waals surface area contributed by atoms with Gasteiger partial charge in [-0.2, -0.15) is 0 Å². The highest BCUT2D eigenvalue weighted by Crippen LogP contribution is 2.36. The molecule has 1 fully saturated rings. The second-order valence-corrected chi connectivity index (χ2v) is 7.02. The van der Waals surface area contributed by atoms with Crippen molar-refractivity contribution in [1.82, 2.24) is 4.98 Å². The smallest absolute Gasteiger partial charge is 0.399 e. The van der Waals surface area contributed by atoms with E-state index in [1.54, 1.807) is 18.5 Å². The first-order valence-corrected chi connectivity index (χ1v) is 7.64.